The van der Waals surface area contributed by atoms with E-state index in [2.05, 4.69) is 15.6 Å². The lowest BCUT2D eigenvalue weighted by Gasteiger charge is -2.18. The van der Waals surface area contributed by atoms with E-state index in [0.717, 1.165) is 11.1 Å². The predicted molar refractivity (Wildman–Crippen MR) is 136 cm³/mol. The molecule has 0 radical (unpaired) electrons. The molecule has 170 valence electrons. The lowest BCUT2D eigenvalue weighted by atomic mass is 10.1. The number of ether oxygens (including phenoxy) is 1. The van der Waals surface area contributed by atoms with E-state index in [1.54, 1.807) is 42.1 Å². The Balaban J connectivity index is 0.00000363. The van der Waals surface area contributed by atoms with Crippen molar-refractivity contribution in [3.05, 3.63) is 100 Å². The molecule has 6 nitrogen and oxygen atoms in total. The number of aliphatic imine (C=N–C) groups is 1. The Morgan fingerprint density at radius 2 is 1.81 bits per heavy atom. The second-order valence-corrected chi connectivity index (χ2v) is 7.18. The van der Waals surface area contributed by atoms with Crippen molar-refractivity contribution in [1.82, 2.24) is 15.2 Å². The average Bonchev–Trinajstić information content (AvgIpc) is 2.76. The maximum absolute atomic E-state index is 13.3. The molecule has 0 amide bonds. The van der Waals surface area contributed by atoms with Crippen LogP contribution in [0, 0.1) is 5.82 Å². The first-order valence-electron chi connectivity index (χ1n) is 10.1. The van der Waals surface area contributed by atoms with E-state index in [1.807, 2.05) is 37.3 Å². The number of aromatic nitrogens is 1. The molecule has 0 spiro atoms. The summed E-state index contributed by atoms with van der Waals surface area (Å²) in [6.07, 6.45) is 1.62. The summed E-state index contributed by atoms with van der Waals surface area (Å²) in [5.74, 6) is 0.821. The number of hydrogen-bond acceptors (Lipinski definition) is 3. The minimum absolute atomic E-state index is 0. The van der Waals surface area contributed by atoms with E-state index in [4.69, 9.17) is 4.74 Å². The molecular weight excluding hydrogens is 522 g/mol. The monoisotopic (exact) mass is 550 g/mol. The lowest BCUT2D eigenvalue weighted by molar-refractivity contribution is 0.223. The first kappa shape index (κ1) is 25.4. The number of hydrogen-bond donors (Lipinski definition) is 2. The van der Waals surface area contributed by atoms with Gasteiger partial charge in [0.05, 0.1) is 13.1 Å². The van der Waals surface area contributed by atoms with Crippen molar-refractivity contribution in [3.8, 4) is 5.75 Å². The van der Waals surface area contributed by atoms with Crippen LogP contribution in [-0.2, 0) is 13.1 Å². The van der Waals surface area contributed by atoms with Crippen molar-refractivity contribution in [2.45, 2.75) is 26.1 Å². The lowest BCUT2D eigenvalue weighted by Crippen LogP contribution is -2.41. The molecule has 2 N–H and O–H groups in total. The van der Waals surface area contributed by atoms with E-state index in [-0.39, 0.29) is 41.5 Å². The minimum Gasteiger partial charge on any atom is -0.489 e. The number of pyridine rings is 1. The number of benzene rings is 2. The fourth-order valence-electron chi connectivity index (χ4n) is 3.01. The highest BCUT2D eigenvalue weighted by Crippen LogP contribution is 2.13. The van der Waals surface area contributed by atoms with Gasteiger partial charge >= 0.3 is 0 Å². The van der Waals surface area contributed by atoms with E-state index >= 15 is 0 Å². The zero-order chi connectivity index (χ0) is 22.1. The zero-order valence-corrected chi connectivity index (χ0v) is 20.5. The summed E-state index contributed by atoms with van der Waals surface area (Å²) >= 11 is 0. The number of guanidine groups is 1. The molecule has 32 heavy (non-hydrogen) atoms. The molecule has 2 aromatic carbocycles. The molecule has 0 bridgehead atoms. The van der Waals surface area contributed by atoms with Gasteiger partial charge in [-0.05, 0) is 36.2 Å². The summed E-state index contributed by atoms with van der Waals surface area (Å²) < 4.78 is 20.6. The molecule has 0 saturated heterocycles. The molecule has 3 aromatic rings. The van der Waals surface area contributed by atoms with Crippen molar-refractivity contribution < 1.29 is 9.13 Å². The minimum atomic E-state index is -0.322. The number of halogens is 2. The van der Waals surface area contributed by atoms with Gasteiger partial charge in [-0.3, -0.25) is 9.79 Å². The third kappa shape index (κ3) is 7.99. The van der Waals surface area contributed by atoms with Crippen molar-refractivity contribution in [3.63, 3.8) is 0 Å². The summed E-state index contributed by atoms with van der Waals surface area (Å²) in [6, 6.07) is 19.3. The molecule has 0 aliphatic rings. The van der Waals surface area contributed by atoms with Crippen LogP contribution < -0.4 is 20.9 Å². The van der Waals surface area contributed by atoms with E-state index in [9.17, 15) is 9.18 Å². The Labute approximate surface area is 204 Å². The normalized spacial score (nSPS) is 11.9. The van der Waals surface area contributed by atoms with Crippen LogP contribution >= 0.6 is 24.0 Å². The van der Waals surface area contributed by atoms with Gasteiger partial charge in [0.25, 0.3) is 5.56 Å². The maximum atomic E-state index is 13.3. The third-order valence-electron chi connectivity index (χ3n) is 4.65. The van der Waals surface area contributed by atoms with Crippen LogP contribution in [-0.4, -0.2) is 30.2 Å². The summed E-state index contributed by atoms with van der Waals surface area (Å²) in [5.41, 5.74) is 2.14. The topological polar surface area (TPSA) is 67.7 Å². The van der Waals surface area contributed by atoms with Crippen LogP contribution in [0.4, 0.5) is 4.39 Å². The molecule has 8 heteroatoms. The molecule has 0 aliphatic carbocycles. The van der Waals surface area contributed by atoms with Gasteiger partial charge in [-0.2, -0.15) is 0 Å². The SMILES string of the molecule is CN=C(NCc1ccc(Cn2ccccc2=O)cc1)NCC(C)Oc1cccc(F)c1.I. The molecule has 1 aromatic heterocycles. The Morgan fingerprint density at radius 1 is 1.06 bits per heavy atom. The number of nitrogens with zero attached hydrogens (tertiary/aromatic N) is 2. The Hall–Kier alpha value is -2.88. The van der Waals surface area contributed by atoms with Gasteiger partial charge in [-0.1, -0.05) is 36.4 Å². The second kappa shape index (κ2) is 12.8. The van der Waals surface area contributed by atoms with Gasteiger partial charge in [-0.25, -0.2) is 4.39 Å². The molecule has 0 aliphatic heterocycles. The molecule has 0 saturated carbocycles. The van der Waals surface area contributed by atoms with Crippen LogP contribution in [0.2, 0.25) is 0 Å². The number of rotatable bonds is 8. The summed E-state index contributed by atoms with van der Waals surface area (Å²) in [4.78, 5) is 16.1. The second-order valence-electron chi connectivity index (χ2n) is 7.18. The smallest absolute Gasteiger partial charge is 0.250 e. The van der Waals surface area contributed by atoms with Crippen LogP contribution in [0.1, 0.15) is 18.1 Å². The molecule has 3 rings (SSSR count). The summed E-state index contributed by atoms with van der Waals surface area (Å²) in [6.45, 7) is 3.56. The third-order valence-corrected chi connectivity index (χ3v) is 4.65. The van der Waals surface area contributed by atoms with Gasteiger partial charge in [0.1, 0.15) is 17.7 Å². The quantitative estimate of drug-likeness (QED) is 0.255. The fourth-order valence-corrected chi connectivity index (χ4v) is 3.01. The zero-order valence-electron chi connectivity index (χ0n) is 18.1. The highest BCUT2D eigenvalue weighted by atomic mass is 127. The van der Waals surface area contributed by atoms with Gasteiger partial charge < -0.3 is 19.9 Å². The first-order chi connectivity index (χ1) is 15.0. The maximum Gasteiger partial charge on any atom is 0.250 e. The van der Waals surface area contributed by atoms with E-state index in [1.165, 1.54) is 12.1 Å². The highest BCUT2D eigenvalue weighted by molar-refractivity contribution is 14.0. The molecule has 1 unspecified atom stereocenters. The van der Waals surface area contributed by atoms with Crippen LogP contribution in [0.25, 0.3) is 0 Å². The van der Waals surface area contributed by atoms with E-state index < -0.39 is 0 Å². The predicted octanol–water partition coefficient (Wildman–Crippen LogP) is 3.79. The first-order valence-corrected chi connectivity index (χ1v) is 10.1. The van der Waals surface area contributed by atoms with Gasteiger partial charge in [0.15, 0.2) is 5.96 Å². The van der Waals surface area contributed by atoms with Crippen LogP contribution in [0.3, 0.4) is 0 Å². The van der Waals surface area contributed by atoms with E-state index in [0.29, 0.717) is 31.3 Å². The molecule has 1 heterocycles. The fraction of sp³-hybridized carbons (Fsp3) is 0.250. The van der Waals surface area contributed by atoms with Crippen molar-refractivity contribution in [2.24, 2.45) is 4.99 Å². The average molecular weight is 550 g/mol. The van der Waals surface area contributed by atoms with Crippen molar-refractivity contribution in [1.29, 1.82) is 0 Å². The van der Waals surface area contributed by atoms with Gasteiger partial charge in [0.2, 0.25) is 0 Å². The standard InChI is InChI=1S/C24H27FN4O2.HI/c1-18(31-22-7-5-6-21(25)14-22)15-27-24(26-2)28-16-19-9-11-20(12-10-19)17-29-13-4-3-8-23(29)30;/h3-14,18H,15-17H2,1-2H3,(H2,26,27,28);1H. The van der Waals surface area contributed by atoms with Crippen LogP contribution in [0.15, 0.2) is 82.7 Å². The number of nitrogens with one attached hydrogen (secondary N) is 2. The Morgan fingerprint density at radius 3 is 2.50 bits per heavy atom. The summed E-state index contributed by atoms with van der Waals surface area (Å²) in [7, 11) is 1.70. The van der Waals surface area contributed by atoms with Gasteiger partial charge in [-0.15, -0.1) is 24.0 Å². The van der Waals surface area contributed by atoms with Crippen molar-refractivity contribution >= 4 is 29.9 Å². The molecule has 1 atom stereocenters. The Bertz CT molecular complexity index is 1070. The molecule has 0 fully saturated rings. The van der Waals surface area contributed by atoms with Crippen LogP contribution in [0.5, 0.6) is 5.75 Å². The molecular formula is C24H28FIN4O2. The Kier molecular flexibility index (Phi) is 10.2. The largest absolute Gasteiger partial charge is 0.489 e. The van der Waals surface area contributed by atoms with Gasteiger partial charge in [0, 0.05) is 31.9 Å². The van der Waals surface area contributed by atoms with Crippen molar-refractivity contribution in [2.75, 3.05) is 13.6 Å². The highest BCUT2D eigenvalue weighted by Gasteiger charge is 2.07. The summed E-state index contributed by atoms with van der Waals surface area (Å²) in [5, 5.41) is 6.47.